The van der Waals surface area contributed by atoms with Crippen LogP contribution in [0.3, 0.4) is 0 Å². The quantitative estimate of drug-likeness (QED) is 0.0420. The van der Waals surface area contributed by atoms with Gasteiger partial charge in [-0.1, -0.05) is 334 Å². The summed E-state index contributed by atoms with van der Waals surface area (Å²) < 4.78 is 0. The van der Waals surface area contributed by atoms with Gasteiger partial charge in [0, 0.05) is 6.42 Å². The SMILES string of the molecule is CCCCCCCCCCCCCCCCCCCCCC/C=C/CC/C=C/C(O)C(CO)NC(=O)CCCCCCCCCCCCCCCCCCCCCCCCCCCCCC. The van der Waals surface area contributed by atoms with Crippen LogP contribution in [0.2, 0.25) is 0 Å². The Kier molecular flexibility index (Phi) is 57.2. The van der Waals surface area contributed by atoms with Crippen molar-refractivity contribution in [3.8, 4) is 0 Å². The van der Waals surface area contributed by atoms with Gasteiger partial charge in [0.1, 0.15) is 0 Å². The van der Waals surface area contributed by atoms with Gasteiger partial charge in [0.2, 0.25) is 5.91 Å². The van der Waals surface area contributed by atoms with E-state index in [4.69, 9.17) is 0 Å². The van der Waals surface area contributed by atoms with Gasteiger partial charge in [-0.2, -0.15) is 0 Å². The van der Waals surface area contributed by atoms with Crippen LogP contribution < -0.4 is 5.32 Å². The van der Waals surface area contributed by atoms with E-state index < -0.39 is 12.1 Å². The fourth-order valence-electron chi connectivity index (χ4n) is 9.79. The zero-order valence-corrected chi connectivity index (χ0v) is 45.2. The molecule has 66 heavy (non-hydrogen) atoms. The fraction of sp³-hybridized carbons (Fsp3) is 0.919. The van der Waals surface area contributed by atoms with Crippen molar-refractivity contribution in [2.45, 2.75) is 360 Å². The summed E-state index contributed by atoms with van der Waals surface area (Å²) in [7, 11) is 0. The molecule has 4 heteroatoms. The lowest BCUT2D eigenvalue weighted by molar-refractivity contribution is -0.123. The monoisotopic (exact) mass is 928 g/mol. The number of carbonyl (C=O) groups is 1. The van der Waals surface area contributed by atoms with E-state index in [2.05, 4.69) is 31.3 Å². The van der Waals surface area contributed by atoms with Crippen molar-refractivity contribution in [1.82, 2.24) is 5.32 Å². The molecule has 2 atom stereocenters. The first-order valence-corrected chi connectivity index (χ1v) is 30.6. The molecule has 0 spiro atoms. The zero-order valence-electron chi connectivity index (χ0n) is 45.2. The Bertz CT molecular complexity index is 963. The van der Waals surface area contributed by atoms with Crippen LogP contribution in [0.5, 0.6) is 0 Å². The summed E-state index contributed by atoms with van der Waals surface area (Å²) >= 11 is 0. The van der Waals surface area contributed by atoms with Crippen LogP contribution in [0.1, 0.15) is 348 Å². The molecule has 2 unspecified atom stereocenters. The van der Waals surface area contributed by atoms with Crippen LogP contribution in [-0.4, -0.2) is 34.9 Å². The van der Waals surface area contributed by atoms with Crippen LogP contribution in [-0.2, 0) is 4.79 Å². The van der Waals surface area contributed by atoms with Gasteiger partial charge in [0.05, 0.1) is 18.8 Å². The molecule has 392 valence electrons. The zero-order chi connectivity index (χ0) is 47.7. The summed E-state index contributed by atoms with van der Waals surface area (Å²) in [6.45, 7) is 4.35. The molecule has 0 aliphatic heterocycles. The van der Waals surface area contributed by atoms with E-state index in [9.17, 15) is 15.0 Å². The molecule has 0 saturated heterocycles. The average Bonchev–Trinajstić information content (AvgIpc) is 3.32. The summed E-state index contributed by atoms with van der Waals surface area (Å²) in [6, 6.07) is -0.637. The highest BCUT2D eigenvalue weighted by Gasteiger charge is 2.18. The standard InChI is InChI=1S/C62H121NO3/c1-3-5-7-9-11-13-15-17-19-21-23-25-27-29-31-32-34-36-38-40-42-44-46-48-50-52-54-56-58-62(66)63-60(59-64)61(65)57-55-53-51-49-47-45-43-41-39-37-35-33-30-28-26-24-22-20-18-16-14-12-10-8-6-4-2/h47,49,55,57,60-61,64-65H,3-46,48,50-54,56,58-59H2,1-2H3,(H,63,66)/b49-47+,57-55+. The van der Waals surface area contributed by atoms with E-state index in [-0.39, 0.29) is 12.5 Å². The van der Waals surface area contributed by atoms with Crippen LogP contribution in [0, 0.1) is 0 Å². The number of unbranched alkanes of at least 4 members (excludes halogenated alkanes) is 48. The number of hydrogen-bond donors (Lipinski definition) is 3. The summed E-state index contributed by atoms with van der Waals surface area (Å²) in [6.07, 6.45) is 78.0. The Balaban J connectivity index is 3.46. The van der Waals surface area contributed by atoms with Gasteiger partial charge in [-0.3, -0.25) is 4.79 Å². The lowest BCUT2D eigenvalue weighted by atomic mass is 10.0. The second-order valence-corrected chi connectivity index (χ2v) is 21.1. The molecule has 0 aliphatic rings. The van der Waals surface area contributed by atoms with Crippen molar-refractivity contribution in [3.05, 3.63) is 24.3 Å². The van der Waals surface area contributed by atoms with Gasteiger partial charge in [0.25, 0.3) is 0 Å². The third-order valence-electron chi connectivity index (χ3n) is 14.4. The molecular weight excluding hydrogens is 807 g/mol. The van der Waals surface area contributed by atoms with Gasteiger partial charge in [-0.15, -0.1) is 0 Å². The van der Waals surface area contributed by atoms with Gasteiger partial charge in [-0.05, 0) is 32.1 Å². The molecule has 0 aromatic rings. The van der Waals surface area contributed by atoms with Gasteiger partial charge < -0.3 is 15.5 Å². The van der Waals surface area contributed by atoms with Crippen molar-refractivity contribution in [2.24, 2.45) is 0 Å². The summed E-state index contributed by atoms with van der Waals surface area (Å²) in [5.74, 6) is -0.0655. The van der Waals surface area contributed by atoms with E-state index >= 15 is 0 Å². The molecule has 0 heterocycles. The van der Waals surface area contributed by atoms with Crippen LogP contribution in [0.4, 0.5) is 0 Å². The van der Waals surface area contributed by atoms with E-state index in [0.717, 1.165) is 32.1 Å². The molecule has 0 rings (SSSR count). The number of amides is 1. The molecule has 3 N–H and O–H groups in total. The topological polar surface area (TPSA) is 69.6 Å². The van der Waals surface area contributed by atoms with Crippen molar-refractivity contribution < 1.29 is 15.0 Å². The average molecular weight is 929 g/mol. The molecule has 0 fully saturated rings. The van der Waals surface area contributed by atoms with Gasteiger partial charge in [0.15, 0.2) is 0 Å². The number of aliphatic hydroxyl groups excluding tert-OH is 2. The molecule has 1 amide bonds. The minimum absolute atomic E-state index is 0.0655. The Morgan fingerprint density at radius 2 is 0.591 bits per heavy atom. The molecule has 0 bridgehead atoms. The number of allylic oxidation sites excluding steroid dienone is 3. The van der Waals surface area contributed by atoms with Crippen molar-refractivity contribution in [1.29, 1.82) is 0 Å². The smallest absolute Gasteiger partial charge is 0.220 e. The number of aliphatic hydroxyl groups is 2. The van der Waals surface area contributed by atoms with Crippen molar-refractivity contribution >= 4 is 5.91 Å². The van der Waals surface area contributed by atoms with Crippen LogP contribution in [0.25, 0.3) is 0 Å². The molecule has 0 aromatic heterocycles. The molecular formula is C62H121NO3. The second kappa shape index (κ2) is 58.2. The maximum atomic E-state index is 12.5. The van der Waals surface area contributed by atoms with E-state index in [1.807, 2.05) is 6.08 Å². The summed E-state index contributed by atoms with van der Waals surface area (Å²) in [5.41, 5.74) is 0. The Hall–Kier alpha value is -1.13. The second-order valence-electron chi connectivity index (χ2n) is 21.1. The summed E-state index contributed by atoms with van der Waals surface area (Å²) in [4.78, 5) is 12.5. The molecule has 0 saturated carbocycles. The molecule has 0 radical (unpaired) electrons. The minimum Gasteiger partial charge on any atom is -0.394 e. The van der Waals surface area contributed by atoms with Crippen molar-refractivity contribution in [2.75, 3.05) is 6.61 Å². The highest BCUT2D eigenvalue weighted by molar-refractivity contribution is 5.76. The Labute approximate surface area is 415 Å². The highest BCUT2D eigenvalue weighted by Crippen LogP contribution is 2.18. The molecule has 0 aromatic carbocycles. The maximum Gasteiger partial charge on any atom is 0.220 e. The van der Waals surface area contributed by atoms with Crippen LogP contribution >= 0.6 is 0 Å². The number of carbonyl (C=O) groups excluding carboxylic acids is 1. The lowest BCUT2D eigenvalue weighted by Gasteiger charge is -2.19. The predicted molar refractivity (Wildman–Crippen MR) is 295 cm³/mol. The van der Waals surface area contributed by atoms with E-state index in [0.29, 0.717) is 6.42 Å². The molecule has 0 aliphatic carbocycles. The molecule has 4 nitrogen and oxygen atoms in total. The van der Waals surface area contributed by atoms with E-state index in [1.54, 1.807) is 6.08 Å². The fourth-order valence-corrected chi connectivity index (χ4v) is 9.79. The predicted octanol–water partition coefficient (Wildman–Crippen LogP) is 20.3. The Morgan fingerprint density at radius 1 is 0.348 bits per heavy atom. The summed E-state index contributed by atoms with van der Waals surface area (Å²) in [5, 5.41) is 23.2. The largest absolute Gasteiger partial charge is 0.394 e. The third kappa shape index (κ3) is 53.8. The van der Waals surface area contributed by atoms with Crippen molar-refractivity contribution in [3.63, 3.8) is 0 Å². The number of nitrogens with one attached hydrogen (secondary N) is 1. The normalized spacial score (nSPS) is 12.8. The lowest BCUT2D eigenvalue weighted by Crippen LogP contribution is -2.45. The third-order valence-corrected chi connectivity index (χ3v) is 14.4. The van der Waals surface area contributed by atoms with Gasteiger partial charge in [-0.25, -0.2) is 0 Å². The van der Waals surface area contributed by atoms with Crippen LogP contribution in [0.15, 0.2) is 24.3 Å². The first-order chi connectivity index (χ1) is 32.7. The van der Waals surface area contributed by atoms with Gasteiger partial charge >= 0.3 is 0 Å². The minimum atomic E-state index is -0.860. The first kappa shape index (κ1) is 64.9. The number of hydrogen-bond acceptors (Lipinski definition) is 3. The Morgan fingerprint density at radius 3 is 0.879 bits per heavy atom. The number of rotatable bonds is 57. The maximum absolute atomic E-state index is 12.5. The first-order valence-electron chi connectivity index (χ1n) is 30.6. The van der Waals surface area contributed by atoms with E-state index in [1.165, 1.54) is 295 Å². The highest BCUT2D eigenvalue weighted by atomic mass is 16.3.